The summed E-state index contributed by atoms with van der Waals surface area (Å²) < 4.78 is 1.32. The van der Waals surface area contributed by atoms with Crippen molar-refractivity contribution in [1.82, 2.24) is 0 Å². The van der Waals surface area contributed by atoms with Crippen LogP contribution in [0.2, 0.25) is 0 Å². The number of benzene rings is 1. The van der Waals surface area contributed by atoms with Gasteiger partial charge in [0.25, 0.3) is 0 Å². The molecular formula is C14H15NS. The Kier molecular flexibility index (Phi) is 3.26. The average molecular weight is 229 g/mol. The molecule has 2 aromatic rings. The van der Waals surface area contributed by atoms with Crippen molar-refractivity contribution in [2.75, 3.05) is 0 Å². The summed E-state index contributed by atoms with van der Waals surface area (Å²) in [4.78, 5) is 0. The molecule has 1 aromatic carbocycles. The van der Waals surface area contributed by atoms with Crippen LogP contribution < -0.4 is 0 Å². The fourth-order valence-corrected chi connectivity index (χ4v) is 2.83. The van der Waals surface area contributed by atoms with Crippen molar-refractivity contribution in [2.24, 2.45) is 11.8 Å². The van der Waals surface area contributed by atoms with Crippen molar-refractivity contribution in [3.05, 3.63) is 35.2 Å². The molecule has 0 N–H and O–H groups in total. The van der Waals surface area contributed by atoms with Gasteiger partial charge in [-0.05, 0) is 34.7 Å². The van der Waals surface area contributed by atoms with E-state index < -0.39 is 0 Å². The summed E-state index contributed by atoms with van der Waals surface area (Å²) in [6.07, 6.45) is 0.873. The van der Waals surface area contributed by atoms with E-state index in [4.69, 9.17) is 5.26 Å². The Bertz CT molecular complexity index is 519. The average Bonchev–Trinajstić information content (AvgIpc) is 2.69. The maximum Gasteiger partial charge on any atom is 0.0661 e. The van der Waals surface area contributed by atoms with Crippen LogP contribution in [-0.2, 0) is 6.42 Å². The van der Waals surface area contributed by atoms with Crippen molar-refractivity contribution < 1.29 is 0 Å². The van der Waals surface area contributed by atoms with E-state index in [9.17, 15) is 0 Å². The van der Waals surface area contributed by atoms with Crippen LogP contribution >= 0.6 is 11.3 Å². The molecule has 16 heavy (non-hydrogen) atoms. The molecule has 0 bridgehead atoms. The summed E-state index contributed by atoms with van der Waals surface area (Å²) in [5.41, 5.74) is 1.32. The quantitative estimate of drug-likeness (QED) is 0.772. The fraction of sp³-hybridized carbons (Fsp3) is 0.357. The van der Waals surface area contributed by atoms with Crippen LogP contribution in [0, 0.1) is 23.2 Å². The second kappa shape index (κ2) is 4.67. The monoisotopic (exact) mass is 229 g/mol. The third-order valence-electron chi connectivity index (χ3n) is 2.97. The lowest BCUT2D eigenvalue weighted by Crippen LogP contribution is -2.08. The molecule has 2 rings (SSSR count). The highest BCUT2D eigenvalue weighted by Gasteiger charge is 2.15. The zero-order valence-electron chi connectivity index (χ0n) is 9.60. The van der Waals surface area contributed by atoms with Crippen molar-refractivity contribution in [3.63, 3.8) is 0 Å². The van der Waals surface area contributed by atoms with Crippen LogP contribution in [0.3, 0.4) is 0 Å². The second-order valence-corrected chi connectivity index (χ2v) is 5.35. The topological polar surface area (TPSA) is 23.8 Å². The highest BCUT2D eigenvalue weighted by Crippen LogP contribution is 2.28. The summed E-state index contributed by atoms with van der Waals surface area (Å²) in [5, 5.41) is 12.6. The van der Waals surface area contributed by atoms with Crippen molar-refractivity contribution >= 4 is 21.4 Å². The molecule has 0 aliphatic heterocycles. The molecule has 0 spiro atoms. The lowest BCUT2D eigenvalue weighted by Gasteiger charge is -2.11. The van der Waals surface area contributed by atoms with Gasteiger partial charge in [-0.25, -0.2) is 0 Å². The van der Waals surface area contributed by atoms with E-state index in [1.54, 1.807) is 11.3 Å². The zero-order valence-corrected chi connectivity index (χ0v) is 10.4. The lowest BCUT2D eigenvalue weighted by atomic mass is 9.90. The summed E-state index contributed by atoms with van der Waals surface area (Å²) >= 11 is 1.77. The first-order chi connectivity index (χ1) is 7.72. The first kappa shape index (κ1) is 11.2. The van der Waals surface area contributed by atoms with E-state index in [0.29, 0.717) is 5.92 Å². The molecule has 2 heteroatoms. The van der Waals surface area contributed by atoms with Gasteiger partial charge in [-0.3, -0.25) is 0 Å². The molecule has 0 saturated heterocycles. The van der Waals surface area contributed by atoms with E-state index >= 15 is 0 Å². The molecule has 0 amide bonds. The third-order valence-corrected chi connectivity index (χ3v) is 3.98. The Morgan fingerprint density at radius 1 is 1.31 bits per heavy atom. The zero-order chi connectivity index (χ0) is 11.5. The van der Waals surface area contributed by atoms with E-state index in [0.717, 1.165) is 6.42 Å². The smallest absolute Gasteiger partial charge is 0.0661 e. The molecule has 82 valence electrons. The highest BCUT2D eigenvalue weighted by atomic mass is 32.1. The van der Waals surface area contributed by atoms with Gasteiger partial charge in [-0.15, -0.1) is 11.3 Å². The summed E-state index contributed by atoms with van der Waals surface area (Å²) in [7, 11) is 0. The summed E-state index contributed by atoms with van der Waals surface area (Å²) in [6.45, 7) is 4.23. The molecular weight excluding hydrogens is 214 g/mol. The van der Waals surface area contributed by atoms with Crippen LogP contribution in [0.5, 0.6) is 0 Å². The standard InChI is InChI=1S/C14H15NS/c1-10(2)11(8-15)7-12-9-16-14-6-4-3-5-13(12)14/h3-6,9-11H,7H2,1-2H3. The minimum atomic E-state index is 0.123. The number of nitrogens with zero attached hydrogens (tertiary/aromatic N) is 1. The Balaban J connectivity index is 2.31. The molecule has 1 atom stereocenters. The first-order valence-corrected chi connectivity index (χ1v) is 6.45. The predicted molar refractivity (Wildman–Crippen MR) is 69.5 cm³/mol. The normalized spacial score (nSPS) is 12.9. The second-order valence-electron chi connectivity index (χ2n) is 4.44. The minimum Gasteiger partial charge on any atom is -0.198 e. The number of thiophene rings is 1. The summed E-state index contributed by atoms with van der Waals surface area (Å²) in [6, 6.07) is 10.8. The number of nitriles is 1. The van der Waals surface area contributed by atoms with Crippen LogP contribution in [0.1, 0.15) is 19.4 Å². The fourth-order valence-electron chi connectivity index (χ4n) is 1.86. The van der Waals surface area contributed by atoms with E-state index in [1.165, 1.54) is 15.6 Å². The number of fused-ring (bicyclic) bond motifs is 1. The minimum absolute atomic E-state index is 0.123. The Morgan fingerprint density at radius 2 is 2.06 bits per heavy atom. The maximum atomic E-state index is 9.12. The third kappa shape index (κ3) is 2.10. The van der Waals surface area contributed by atoms with Crippen molar-refractivity contribution in [3.8, 4) is 6.07 Å². The van der Waals surface area contributed by atoms with Crippen LogP contribution in [0.4, 0.5) is 0 Å². The van der Waals surface area contributed by atoms with E-state index in [1.807, 2.05) is 0 Å². The van der Waals surface area contributed by atoms with Crippen LogP contribution in [0.25, 0.3) is 10.1 Å². The molecule has 0 aliphatic rings. The number of hydrogen-bond donors (Lipinski definition) is 0. The van der Waals surface area contributed by atoms with Gasteiger partial charge in [-0.2, -0.15) is 5.26 Å². The molecule has 1 unspecified atom stereocenters. The van der Waals surface area contributed by atoms with Gasteiger partial charge in [0.2, 0.25) is 0 Å². The van der Waals surface area contributed by atoms with Crippen molar-refractivity contribution in [2.45, 2.75) is 20.3 Å². The lowest BCUT2D eigenvalue weighted by molar-refractivity contribution is 0.475. The van der Waals surface area contributed by atoms with E-state index in [2.05, 4.69) is 49.6 Å². The summed E-state index contributed by atoms with van der Waals surface area (Å²) in [5.74, 6) is 0.543. The van der Waals surface area contributed by atoms with Crippen LogP contribution in [0.15, 0.2) is 29.6 Å². The van der Waals surface area contributed by atoms with Gasteiger partial charge in [0.05, 0.1) is 12.0 Å². The SMILES string of the molecule is CC(C)C(C#N)Cc1csc2ccccc12. The Labute approximate surface area is 100 Å². The molecule has 0 saturated carbocycles. The van der Waals surface area contributed by atoms with Gasteiger partial charge in [0.15, 0.2) is 0 Å². The number of rotatable bonds is 3. The molecule has 0 fully saturated rings. The largest absolute Gasteiger partial charge is 0.198 e. The molecule has 1 aromatic heterocycles. The predicted octanol–water partition coefficient (Wildman–Crippen LogP) is 4.24. The first-order valence-electron chi connectivity index (χ1n) is 5.57. The van der Waals surface area contributed by atoms with Gasteiger partial charge in [-0.1, -0.05) is 32.0 Å². The Hall–Kier alpha value is -1.33. The molecule has 0 radical (unpaired) electrons. The maximum absolute atomic E-state index is 9.12. The van der Waals surface area contributed by atoms with E-state index in [-0.39, 0.29) is 5.92 Å². The molecule has 0 aliphatic carbocycles. The van der Waals surface area contributed by atoms with Gasteiger partial charge in [0.1, 0.15) is 0 Å². The number of hydrogen-bond acceptors (Lipinski definition) is 2. The van der Waals surface area contributed by atoms with Crippen molar-refractivity contribution in [1.29, 1.82) is 5.26 Å². The van der Waals surface area contributed by atoms with Crippen LogP contribution in [-0.4, -0.2) is 0 Å². The van der Waals surface area contributed by atoms with Gasteiger partial charge < -0.3 is 0 Å². The highest BCUT2D eigenvalue weighted by molar-refractivity contribution is 7.17. The molecule has 1 heterocycles. The molecule has 1 nitrogen and oxygen atoms in total. The van der Waals surface area contributed by atoms with Gasteiger partial charge in [0, 0.05) is 4.70 Å². The van der Waals surface area contributed by atoms with Gasteiger partial charge >= 0.3 is 0 Å². The Morgan fingerprint density at radius 3 is 2.75 bits per heavy atom.